The molecule has 0 aliphatic rings. The van der Waals surface area contributed by atoms with E-state index in [9.17, 15) is 0 Å². The van der Waals surface area contributed by atoms with E-state index in [4.69, 9.17) is 4.74 Å². The molecule has 0 aromatic heterocycles. The lowest BCUT2D eigenvalue weighted by atomic mass is 10.2. The predicted octanol–water partition coefficient (Wildman–Crippen LogP) is 1.59. The van der Waals surface area contributed by atoms with Gasteiger partial charge in [0.05, 0.1) is 0 Å². The lowest BCUT2D eigenvalue weighted by molar-refractivity contribution is 0.179. The van der Waals surface area contributed by atoms with E-state index in [-0.39, 0.29) is 0 Å². The van der Waals surface area contributed by atoms with Gasteiger partial charge in [0.2, 0.25) is 0 Å². The van der Waals surface area contributed by atoms with Crippen LogP contribution in [0.25, 0.3) is 0 Å². The van der Waals surface area contributed by atoms with Crippen molar-refractivity contribution < 1.29 is 4.74 Å². The molecule has 0 amide bonds. The number of nitrogens with zero attached hydrogens (tertiary/aromatic N) is 1. The molecule has 0 radical (unpaired) electrons. The van der Waals surface area contributed by atoms with Gasteiger partial charge in [0, 0.05) is 20.3 Å². The van der Waals surface area contributed by atoms with Crippen LogP contribution in [0.2, 0.25) is 0 Å². The molecule has 0 aliphatic heterocycles. The van der Waals surface area contributed by atoms with Crippen LogP contribution in [0, 0.1) is 5.92 Å². The van der Waals surface area contributed by atoms with Crippen molar-refractivity contribution in [2.24, 2.45) is 5.92 Å². The van der Waals surface area contributed by atoms with Crippen molar-refractivity contribution in [3.8, 4) is 0 Å². The average Bonchev–Trinajstić information content (AvgIpc) is 2.17. The molecule has 0 heterocycles. The van der Waals surface area contributed by atoms with Crippen LogP contribution in [-0.2, 0) is 4.74 Å². The van der Waals surface area contributed by atoms with Gasteiger partial charge in [0.25, 0.3) is 0 Å². The van der Waals surface area contributed by atoms with E-state index in [1.165, 1.54) is 13.0 Å². The minimum absolute atomic E-state index is 0.754. The standard InChI is InChI=1S/C12H28N2O/c1-12(2)11-13-7-5-8-14(3)9-6-10-15-4/h12-13H,5-11H2,1-4H3. The van der Waals surface area contributed by atoms with Crippen LogP contribution in [0.5, 0.6) is 0 Å². The Morgan fingerprint density at radius 3 is 2.47 bits per heavy atom. The van der Waals surface area contributed by atoms with Crippen molar-refractivity contribution in [3.63, 3.8) is 0 Å². The maximum atomic E-state index is 5.02. The normalized spacial score (nSPS) is 11.6. The second kappa shape index (κ2) is 10.4. The van der Waals surface area contributed by atoms with Crippen LogP contribution in [0.15, 0.2) is 0 Å². The van der Waals surface area contributed by atoms with Crippen LogP contribution in [-0.4, -0.2) is 51.8 Å². The smallest absolute Gasteiger partial charge is 0.0474 e. The molecule has 0 saturated heterocycles. The predicted molar refractivity (Wildman–Crippen MR) is 66.3 cm³/mol. The first kappa shape index (κ1) is 14.9. The average molecular weight is 216 g/mol. The minimum atomic E-state index is 0.754. The minimum Gasteiger partial charge on any atom is -0.385 e. The highest BCUT2D eigenvalue weighted by Crippen LogP contribution is 1.91. The maximum absolute atomic E-state index is 5.02. The molecule has 0 spiro atoms. The van der Waals surface area contributed by atoms with Crippen molar-refractivity contribution in [1.29, 1.82) is 0 Å². The summed E-state index contributed by atoms with van der Waals surface area (Å²) in [5, 5.41) is 3.46. The Morgan fingerprint density at radius 2 is 1.87 bits per heavy atom. The van der Waals surface area contributed by atoms with E-state index in [0.29, 0.717) is 0 Å². The molecule has 92 valence electrons. The van der Waals surface area contributed by atoms with Gasteiger partial charge in [-0.2, -0.15) is 0 Å². The molecule has 0 atom stereocenters. The molecule has 0 aromatic carbocycles. The summed E-state index contributed by atoms with van der Waals surface area (Å²) in [6.07, 6.45) is 2.36. The Morgan fingerprint density at radius 1 is 1.20 bits per heavy atom. The van der Waals surface area contributed by atoms with Crippen LogP contribution in [0.3, 0.4) is 0 Å². The second-order valence-electron chi connectivity index (χ2n) is 4.60. The highest BCUT2D eigenvalue weighted by molar-refractivity contribution is 4.55. The Bertz CT molecular complexity index is 129. The third-order valence-electron chi connectivity index (χ3n) is 2.33. The first-order valence-corrected chi connectivity index (χ1v) is 6.05. The fourth-order valence-corrected chi connectivity index (χ4v) is 1.46. The maximum Gasteiger partial charge on any atom is 0.0474 e. The van der Waals surface area contributed by atoms with Gasteiger partial charge in [-0.1, -0.05) is 13.8 Å². The van der Waals surface area contributed by atoms with Crippen LogP contribution in [0.4, 0.5) is 0 Å². The van der Waals surface area contributed by atoms with Gasteiger partial charge in [-0.15, -0.1) is 0 Å². The summed E-state index contributed by atoms with van der Waals surface area (Å²) in [6.45, 7) is 9.93. The molecule has 0 rings (SSSR count). The molecule has 3 nitrogen and oxygen atoms in total. The van der Waals surface area contributed by atoms with Gasteiger partial charge in [0.15, 0.2) is 0 Å². The number of nitrogens with one attached hydrogen (secondary N) is 1. The Labute approximate surface area is 95.2 Å². The molecule has 0 aliphatic carbocycles. The molecule has 15 heavy (non-hydrogen) atoms. The van der Waals surface area contributed by atoms with E-state index in [0.717, 1.165) is 38.6 Å². The fourth-order valence-electron chi connectivity index (χ4n) is 1.46. The quantitative estimate of drug-likeness (QED) is 0.561. The molecule has 1 N–H and O–H groups in total. The summed E-state index contributed by atoms with van der Waals surface area (Å²) >= 11 is 0. The zero-order valence-corrected chi connectivity index (χ0v) is 10.9. The molecule has 0 saturated carbocycles. The molecule has 3 heteroatoms. The molecule has 0 fully saturated rings. The lowest BCUT2D eigenvalue weighted by Crippen LogP contribution is -2.27. The fraction of sp³-hybridized carbons (Fsp3) is 1.00. The number of rotatable bonds is 10. The van der Waals surface area contributed by atoms with E-state index >= 15 is 0 Å². The first-order valence-electron chi connectivity index (χ1n) is 6.05. The summed E-state index contributed by atoms with van der Waals surface area (Å²) in [7, 11) is 3.94. The van der Waals surface area contributed by atoms with Crippen LogP contribution in [0.1, 0.15) is 26.7 Å². The first-order chi connectivity index (χ1) is 7.16. The Hall–Kier alpha value is -0.120. The SMILES string of the molecule is COCCCN(C)CCCNCC(C)C. The van der Waals surface area contributed by atoms with Gasteiger partial charge in [-0.05, 0) is 45.4 Å². The number of hydrogen-bond donors (Lipinski definition) is 1. The monoisotopic (exact) mass is 216 g/mol. The molecule has 0 unspecified atom stereocenters. The van der Waals surface area contributed by atoms with Crippen molar-refractivity contribution in [2.75, 3.05) is 46.9 Å². The largest absolute Gasteiger partial charge is 0.385 e. The van der Waals surface area contributed by atoms with Gasteiger partial charge in [-0.3, -0.25) is 0 Å². The third kappa shape index (κ3) is 11.8. The zero-order valence-electron chi connectivity index (χ0n) is 10.9. The van der Waals surface area contributed by atoms with Gasteiger partial charge >= 0.3 is 0 Å². The lowest BCUT2D eigenvalue weighted by Gasteiger charge is -2.16. The highest BCUT2D eigenvalue weighted by Gasteiger charge is 1.98. The van der Waals surface area contributed by atoms with Gasteiger partial charge < -0.3 is 15.0 Å². The second-order valence-corrected chi connectivity index (χ2v) is 4.60. The summed E-state index contributed by atoms with van der Waals surface area (Å²) < 4.78 is 5.02. The van der Waals surface area contributed by atoms with Gasteiger partial charge in [0.1, 0.15) is 0 Å². The van der Waals surface area contributed by atoms with E-state index in [1.807, 2.05) is 0 Å². The van der Waals surface area contributed by atoms with Gasteiger partial charge in [-0.25, -0.2) is 0 Å². The van der Waals surface area contributed by atoms with Crippen molar-refractivity contribution in [3.05, 3.63) is 0 Å². The van der Waals surface area contributed by atoms with Crippen molar-refractivity contribution >= 4 is 0 Å². The number of ether oxygens (including phenoxy) is 1. The third-order valence-corrected chi connectivity index (χ3v) is 2.33. The Kier molecular flexibility index (Phi) is 10.3. The van der Waals surface area contributed by atoms with Crippen molar-refractivity contribution in [1.82, 2.24) is 10.2 Å². The highest BCUT2D eigenvalue weighted by atomic mass is 16.5. The molecular formula is C12H28N2O. The number of hydrogen-bond acceptors (Lipinski definition) is 3. The Balaban J connectivity index is 3.13. The van der Waals surface area contributed by atoms with E-state index in [1.54, 1.807) is 7.11 Å². The topological polar surface area (TPSA) is 24.5 Å². The molecule has 0 aromatic rings. The van der Waals surface area contributed by atoms with Crippen LogP contribution < -0.4 is 5.32 Å². The van der Waals surface area contributed by atoms with Crippen LogP contribution >= 0.6 is 0 Å². The molecular weight excluding hydrogens is 188 g/mol. The zero-order chi connectivity index (χ0) is 11.5. The van der Waals surface area contributed by atoms with E-state index in [2.05, 4.69) is 31.1 Å². The van der Waals surface area contributed by atoms with Crippen molar-refractivity contribution in [2.45, 2.75) is 26.7 Å². The summed E-state index contributed by atoms with van der Waals surface area (Å²) in [6, 6.07) is 0. The summed E-state index contributed by atoms with van der Waals surface area (Å²) in [5.74, 6) is 0.754. The summed E-state index contributed by atoms with van der Waals surface area (Å²) in [4.78, 5) is 2.37. The van der Waals surface area contributed by atoms with E-state index < -0.39 is 0 Å². The number of methoxy groups -OCH3 is 1. The molecule has 0 bridgehead atoms. The summed E-state index contributed by atoms with van der Waals surface area (Å²) in [5.41, 5.74) is 0.